The fourth-order valence-corrected chi connectivity index (χ4v) is 4.00. The molecule has 4 nitrogen and oxygen atoms in total. The standard InChI is InChI=1S/C14H14BrClN2O2S/c1-8-6-13(9(2)5-12(8)17)18-21(19,20)14-4-3-10(15)7-11(14)16/h3-7,18H,17H2,1-2H3. The van der Waals surface area contributed by atoms with Crippen LogP contribution in [-0.2, 0) is 10.0 Å². The molecule has 2 aromatic rings. The van der Waals surface area contributed by atoms with Crippen LogP contribution in [0.5, 0.6) is 0 Å². The zero-order valence-electron chi connectivity index (χ0n) is 11.4. The lowest BCUT2D eigenvalue weighted by molar-refractivity contribution is 0.601. The third-order valence-electron chi connectivity index (χ3n) is 3.04. The summed E-state index contributed by atoms with van der Waals surface area (Å²) < 4.78 is 28.1. The van der Waals surface area contributed by atoms with Crippen molar-refractivity contribution in [1.29, 1.82) is 0 Å². The molecule has 0 saturated heterocycles. The van der Waals surface area contributed by atoms with Gasteiger partial charge in [0, 0.05) is 10.2 Å². The molecular formula is C14H14BrClN2O2S. The monoisotopic (exact) mass is 388 g/mol. The zero-order valence-corrected chi connectivity index (χ0v) is 14.6. The number of rotatable bonds is 3. The molecule has 2 rings (SSSR count). The Hall–Kier alpha value is -1.24. The molecule has 0 aliphatic carbocycles. The Bertz CT molecular complexity index is 807. The van der Waals surface area contributed by atoms with Crippen molar-refractivity contribution in [2.24, 2.45) is 0 Å². The first-order chi connectivity index (χ1) is 9.70. The highest BCUT2D eigenvalue weighted by molar-refractivity contribution is 9.10. The maximum atomic E-state index is 12.4. The summed E-state index contributed by atoms with van der Waals surface area (Å²) >= 11 is 9.25. The predicted molar refractivity (Wildman–Crippen MR) is 90.3 cm³/mol. The van der Waals surface area contributed by atoms with Crippen molar-refractivity contribution in [2.75, 3.05) is 10.5 Å². The minimum Gasteiger partial charge on any atom is -0.399 e. The number of benzene rings is 2. The highest BCUT2D eigenvalue weighted by Crippen LogP contribution is 2.29. The Morgan fingerprint density at radius 1 is 1.14 bits per heavy atom. The number of nitrogens with one attached hydrogen (secondary N) is 1. The van der Waals surface area contributed by atoms with Gasteiger partial charge in [-0.2, -0.15) is 0 Å². The summed E-state index contributed by atoms with van der Waals surface area (Å²) in [5.41, 5.74) is 8.46. The van der Waals surface area contributed by atoms with E-state index in [1.165, 1.54) is 12.1 Å². The van der Waals surface area contributed by atoms with E-state index in [0.29, 0.717) is 15.8 Å². The molecule has 0 spiro atoms. The lowest BCUT2D eigenvalue weighted by Crippen LogP contribution is -2.14. The fourth-order valence-electron chi connectivity index (χ4n) is 1.84. The van der Waals surface area contributed by atoms with Crippen molar-refractivity contribution < 1.29 is 8.42 Å². The molecule has 0 heterocycles. The number of hydrogen-bond acceptors (Lipinski definition) is 3. The molecule has 0 fully saturated rings. The maximum Gasteiger partial charge on any atom is 0.263 e. The van der Waals surface area contributed by atoms with Crippen molar-refractivity contribution in [3.8, 4) is 0 Å². The van der Waals surface area contributed by atoms with E-state index in [2.05, 4.69) is 20.7 Å². The summed E-state index contributed by atoms with van der Waals surface area (Å²) in [7, 11) is -3.76. The third-order valence-corrected chi connectivity index (χ3v) is 5.38. The minimum absolute atomic E-state index is 0.0289. The van der Waals surface area contributed by atoms with E-state index in [1.54, 1.807) is 25.1 Å². The molecule has 2 aromatic carbocycles. The van der Waals surface area contributed by atoms with Crippen LogP contribution in [0.1, 0.15) is 11.1 Å². The van der Waals surface area contributed by atoms with Crippen LogP contribution < -0.4 is 10.5 Å². The van der Waals surface area contributed by atoms with Crippen LogP contribution in [0.2, 0.25) is 5.02 Å². The number of hydrogen-bond donors (Lipinski definition) is 2. The van der Waals surface area contributed by atoms with E-state index in [1.807, 2.05) is 6.92 Å². The second-order valence-electron chi connectivity index (χ2n) is 4.70. The lowest BCUT2D eigenvalue weighted by Gasteiger charge is -2.13. The summed E-state index contributed by atoms with van der Waals surface area (Å²) in [5.74, 6) is 0. The van der Waals surface area contributed by atoms with E-state index in [-0.39, 0.29) is 9.92 Å². The van der Waals surface area contributed by atoms with E-state index in [9.17, 15) is 8.42 Å². The summed E-state index contributed by atoms with van der Waals surface area (Å²) in [6.45, 7) is 3.61. The zero-order chi connectivity index (χ0) is 15.8. The van der Waals surface area contributed by atoms with E-state index in [0.717, 1.165) is 11.1 Å². The number of anilines is 2. The molecule has 0 atom stereocenters. The largest absolute Gasteiger partial charge is 0.399 e. The van der Waals surface area contributed by atoms with Crippen LogP contribution in [0.4, 0.5) is 11.4 Å². The molecular weight excluding hydrogens is 376 g/mol. The van der Waals surface area contributed by atoms with Gasteiger partial charge in [-0.15, -0.1) is 0 Å². The van der Waals surface area contributed by atoms with E-state index < -0.39 is 10.0 Å². The first-order valence-corrected chi connectivity index (χ1v) is 8.71. The molecule has 0 aromatic heterocycles. The quantitative estimate of drug-likeness (QED) is 0.776. The first-order valence-electron chi connectivity index (χ1n) is 6.05. The van der Waals surface area contributed by atoms with Crippen molar-refractivity contribution in [3.63, 3.8) is 0 Å². The second-order valence-corrected chi connectivity index (χ2v) is 7.68. The Labute approximate surface area is 137 Å². The maximum absolute atomic E-state index is 12.4. The molecule has 7 heteroatoms. The highest BCUT2D eigenvalue weighted by atomic mass is 79.9. The Morgan fingerprint density at radius 2 is 1.81 bits per heavy atom. The fraction of sp³-hybridized carbons (Fsp3) is 0.143. The summed E-state index contributed by atoms with van der Waals surface area (Å²) in [6.07, 6.45) is 0. The number of aryl methyl sites for hydroxylation is 2. The van der Waals surface area contributed by atoms with Gasteiger partial charge < -0.3 is 5.73 Å². The molecule has 0 unspecified atom stereocenters. The average molecular weight is 390 g/mol. The lowest BCUT2D eigenvalue weighted by atomic mass is 10.1. The van der Waals surface area contributed by atoms with Crippen molar-refractivity contribution in [1.82, 2.24) is 0 Å². The number of sulfonamides is 1. The summed E-state index contributed by atoms with van der Waals surface area (Å²) in [6, 6.07) is 8.05. The van der Waals surface area contributed by atoms with Crippen LogP contribution in [0, 0.1) is 13.8 Å². The molecule has 21 heavy (non-hydrogen) atoms. The van der Waals surface area contributed by atoms with Gasteiger partial charge in [0.2, 0.25) is 0 Å². The smallest absolute Gasteiger partial charge is 0.263 e. The molecule has 0 bridgehead atoms. The molecule has 112 valence electrons. The summed E-state index contributed by atoms with van der Waals surface area (Å²) in [4.78, 5) is 0.0289. The average Bonchev–Trinajstić information content (AvgIpc) is 2.35. The van der Waals surface area contributed by atoms with Crippen LogP contribution in [-0.4, -0.2) is 8.42 Å². The molecule has 0 aliphatic rings. The van der Waals surface area contributed by atoms with Crippen LogP contribution in [0.15, 0.2) is 39.7 Å². The Morgan fingerprint density at radius 3 is 2.43 bits per heavy atom. The van der Waals surface area contributed by atoms with Gasteiger partial charge in [-0.25, -0.2) is 8.42 Å². The van der Waals surface area contributed by atoms with Gasteiger partial charge in [-0.3, -0.25) is 4.72 Å². The number of halogens is 2. The third kappa shape index (κ3) is 3.51. The molecule has 0 saturated carbocycles. The van der Waals surface area contributed by atoms with Gasteiger partial charge >= 0.3 is 0 Å². The topological polar surface area (TPSA) is 72.2 Å². The first kappa shape index (κ1) is 16.1. The minimum atomic E-state index is -3.76. The SMILES string of the molecule is Cc1cc(NS(=O)(=O)c2ccc(Br)cc2Cl)c(C)cc1N. The van der Waals surface area contributed by atoms with E-state index in [4.69, 9.17) is 17.3 Å². The Balaban J connectivity index is 2.45. The van der Waals surface area contributed by atoms with Crippen molar-refractivity contribution in [2.45, 2.75) is 18.7 Å². The van der Waals surface area contributed by atoms with E-state index >= 15 is 0 Å². The van der Waals surface area contributed by atoms with Crippen LogP contribution >= 0.6 is 27.5 Å². The second kappa shape index (κ2) is 5.87. The van der Waals surface area contributed by atoms with Crippen molar-refractivity contribution in [3.05, 3.63) is 51.0 Å². The molecule has 0 amide bonds. The highest BCUT2D eigenvalue weighted by Gasteiger charge is 2.19. The molecule has 3 N–H and O–H groups in total. The molecule has 0 radical (unpaired) electrons. The van der Waals surface area contributed by atoms with Gasteiger partial charge in [0.1, 0.15) is 4.90 Å². The van der Waals surface area contributed by atoms with Crippen LogP contribution in [0.25, 0.3) is 0 Å². The number of nitrogens with two attached hydrogens (primary N) is 1. The van der Waals surface area contributed by atoms with Gasteiger partial charge in [0.15, 0.2) is 0 Å². The van der Waals surface area contributed by atoms with Crippen molar-refractivity contribution >= 4 is 48.9 Å². The van der Waals surface area contributed by atoms with Gasteiger partial charge in [-0.05, 0) is 55.3 Å². The van der Waals surface area contributed by atoms with Gasteiger partial charge in [0.25, 0.3) is 10.0 Å². The predicted octanol–water partition coefficient (Wildman–Crippen LogP) is 4.10. The Kier molecular flexibility index (Phi) is 4.51. The summed E-state index contributed by atoms with van der Waals surface area (Å²) in [5, 5.41) is 0.154. The number of nitrogen functional groups attached to an aromatic ring is 1. The molecule has 0 aliphatic heterocycles. The van der Waals surface area contributed by atoms with Gasteiger partial charge in [0.05, 0.1) is 10.7 Å². The van der Waals surface area contributed by atoms with Crippen LogP contribution in [0.3, 0.4) is 0 Å². The normalized spacial score (nSPS) is 11.4. The van der Waals surface area contributed by atoms with Gasteiger partial charge in [-0.1, -0.05) is 27.5 Å².